The minimum absolute atomic E-state index is 0.0733. The van der Waals surface area contributed by atoms with E-state index in [-0.39, 0.29) is 5.91 Å². The Morgan fingerprint density at radius 1 is 1.17 bits per heavy atom. The van der Waals surface area contributed by atoms with Gasteiger partial charge in [-0.15, -0.1) is 16.8 Å². The topological polar surface area (TPSA) is 51.0 Å². The first kappa shape index (κ1) is 20.9. The fourth-order valence-electron chi connectivity index (χ4n) is 3.13. The normalized spacial score (nSPS) is 10.7. The van der Waals surface area contributed by atoms with Crippen molar-refractivity contribution in [3.63, 3.8) is 0 Å². The maximum atomic E-state index is 12.8. The van der Waals surface area contributed by atoms with E-state index in [2.05, 4.69) is 48.0 Å². The molecular formula is C23H26N4OS. The van der Waals surface area contributed by atoms with Crippen LogP contribution in [0.25, 0.3) is 5.69 Å². The molecule has 1 aromatic heterocycles. The zero-order chi connectivity index (χ0) is 20.5. The van der Waals surface area contributed by atoms with Crippen molar-refractivity contribution in [2.24, 2.45) is 0 Å². The number of hydrogen-bond donors (Lipinski definition) is 0. The number of para-hydroxylation sites is 1. The van der Waals surface area contributed by atoms with Crippen molar-refractivity contribution in [3.8, 4) is 5.69 Å². The van der Waals surface area contributed by atoms with Gasteiger partial charge in [0.2, 0.25) is 5.91 Å². The van der Waals surface area contributed by atoms with Crippen LogP contribution in [-0.4, -0.2) is 44.4 Å². The van der Waals surface area contributed by atoms with Crippen molar-refractivity contribution < 1.29 is 4.79 Å². The van der Waals surface area contributed by atoms with E-state index in [0.717, 1.165) is 23.7 Å². The van der Waals surface area contributed by atoms with Crippen molar-refractivity contribution in [2.45, 2.75) is 24.9 Å². The van der Waals surface area contributed by atoms with Crippen molar-refractivity contribution in [3.05, 3.63) is 84.7 Å². The monoisotopic (exact) mass is 406 g/mol. The highest BCUT2D eigenvalue weighted by Gasteiger charge is 2.16. The summed E-state index contributed by atoms with van der Waals surface area (Å²) >= 11 is 1.42. The molecule has 5 nitrogen and oxygen atoms in total. The lowest BCUT2D eigenvalue weighted by molar-refractivity contribution is -0.127. The standard InChI is InChI=1S/C23H26N4OS/c1-3-15-26(16-14-19-10-6-5-7-11-19)22(28)17-29-23-25-24-18-27(23)21-13-9-8-12-20(21)4-2/h3,5-13,18H,1,4,14-17H2,2H3. The van der Waals surface area contributed by atoms with Crippen molar-refractivity contribution >= 4 is 17.7 Å². The second kappa shape index (κ2) is 10.6. The molecule has 0 unspecified atom stereocenters. The van der Waals surface area contributed by atoms with Gasteiger partial charge in [0.15, 0.2) is 5.16 Å². The number of aryl methyl sites for hydroxylation is 1. The molecule has 1 heterocycles. The van der Waals surface area contributed by atoms with Crippen molar-refractivity contribution in [1.29, 1.82) is 0 Å². The third-order valence-electron chi connectivity index (χ3n) is 4.69. The summed E-state index contributed by atoms with van der Waals surface area (Å²) in [6.45, 7) is 7.12. The van der Waals surface area contributed by atoms with Crippen LogP contribution in [0, 0.1) is 0 Å². The van der Waals surface area contributed by atoms with E-state index in [9.17, 15) is 4.79 Å². The zero-order valence-corrected chi connectivity index (χ0v) is 17.5. The van der Waals surface area contributed by atoms with Crippen LogP contribution in [0.1, 0.15) is 18.1 Å². The predicted molar refractivity (Wildman–Crippen MR) is 118 cm³/mol. The average molecular weight is 407 g/mol. The van der Waals surface area contributed by atoms with Crippen LogP contribution in [0.3, 0.4) is 0 Å². The first-order chi connectivity index (χ1) is 14.2. The summed E-state index contributed by atoms with van der Waals surface area (Å²) in [6, 6.07) is 18.4. The van der Waals surface area contributed by atoms with Crippen LogP contribution < -0.4 is 0 Å². The average Bonchev–Trinajstić information content (AvgIpc) is 3.24. The van der Waals surface area contributed by atoms with Gasteiger partial charge in [0.05, 0.1) is 11.4 Å². The highest BCUT2D eigenvalue weighted by atomic mass is 32.2. The van der Waals surface area contributed by atoms with E-state index in [1.54, 1.807) is 12.4 Å². The Bertz CT molecular complexity index is 939. The summed E-state index contributed by atoms with van der Waals surface area (Å²) in [5.41, 5.74) is 3.50. The number of hydrogen-bond acceptors (Lipinski definition) is 4. The largest absolute Gasteiger partial charge is 0.338 e. The number of thioether (sulfide) groups is 1. The lowest BCUT2D eigenvalue weighted by atomic mass is 10.1. The lowest BCUT2D eigenvalue weighted by Crippen LogP contribution is -2.34. The van der Waals surface area contributed by atoms with E-state index in [0.29, 0.717) is 18.8 Å². The number of carbonyl (C=O) groups excluding carboxylic acids is 1. The Morgan fingerprint density at radius 3 is 2.69 bits per heavy atom. The molecule has 0 spiro atoms. The summed E-state index contributed by atoms with van der Waals surface area (Å²) in [6.07, 6.45) is 5.22. The van der Waals surface area contributed by atoms with E-state index >= 15 is 0 Å². The highest BCUT2D eigenvalue weighted by molar-refractivity contribution is 7.99. The number of nitrogens with zero attached hydrogens (tertiary/aromatic N) is 4. The third kappa shape index (κ3) is 5.57. The van der Waals surface area contributed by atoms with Gasteiger partial charge in [-0.3, -0.25) is 9.36 Å². The molecule has 0 bridgehead atoms. The second-order valence-electron chi connectivity index (χ2n) is 6.62. The van der Waals surface area contributed by atoms with Gasteiger partial charge in [0.25, 0.3) is 0 Å². The SMILES string of the molecule is C=CCN(CCc1ccccc1)C(=O)CSc1nncn1-c1ccccc1CC. The quantitative estimate of drug-likeness (QED) is 0.374. The van der Waals surface area contributed by atoms with E-state index in [1.807, 2.05) is 39.8 Å². The minimum atomic E-state index is 0.0733. The highest BCUT2D eigenvalue weighted by Crippen LogP contribution is 2.22. The molecule has 29 heavy (non-hydrogen) atoms. The summed E-state index contributed by atoms with van der Waals surface area (Å²) in [7, 11) is 0. The molecule has 150 valence electrons. The molecule has 0 radical (unpaired) electrons. The molecule has 0 aliphatic heterocycles. The van der Waals surface area contributed by atoms with E-state index in [4.69, 9.17) is 0 Å². The van der Waals surface area contributed by atoms with Crippen LogP contribution in [0.2, 0.25) is 0 Å². The Morgan fingerprint density at radius 2 is 1.93 bits per heavy atom. The summed E-state index contributed by atoms with van der Waals surface area (Å²) in [5.74, 6) is 0.388. The lowest BCUT2D eigenvalue weighted by Gasteiger charge is -2.21. The van der Waals surface area contributed by atoms with Crippen molar-refractivity contribution in [1.82, 2.24) is 19.7 Å². The van der Waals surface area contributed by atoms with Gasteiger partial charge in [-0.25, -0.2) is 0 Å². The fraction of sp³-hybridized carbons (Fsp3) is 0.261. The third-order valence-corrected chi connectivity index (χ3v) is 5.62. The Labute approximate surface area is 176 Å². The minimum Gasteiger partial charge on any atom is -0.338 e. The molecule has 0 saturated heterocycles. The molecule has 2 aromatic carbocycles. The summed E-state index contributed by atoms with van der Waals surface area (Å²) in [4.78, 5) is 14.7. The van der Waals surface area contributed by atoms with Gasteiger partial charge >= 0.3 is 0 Å². The smallest absolute Gasteiger partial charge is 0.233 e. The molecule has 1 amide bonds. The number of aromatic nitrogens is 3. The molecule has 0 saturated carbocycles. The second-order valence-corrected chi connectivity index (χ2v) is 7.56. The van der Waals surface area contributed by atoms with Crippen LogP contribution in [0.15, 0.2) is 78.7 Å². The zero-order valence-electron chi connectivity index (χ0n) is 16.7. The van der Waals surface area contributed by atoms with Crippen LogP contribution in [0.4, 0.5) is 0 Å². The van der Waals surface area contributed by atoms with Gasteiger partial charge in [-0.1, -0.05) is 73.3 Å². The number of carbonyl (C=O) groups is 1. The molecule has 0 aliphatic carbocycles. The van der Waals surface area contributed by atoms with Crippen LogP contribution in [0.5, 0.6) is 0 Å². The van der Waals surface area contributed by atoms with E-state index < -0.39 is 0 Å². The Hall–Kier alpha value is -2.86. The van der Waals surface area contributed by atoms with Gasteiger partial charge < -0.3 is 4.90 Å². The van der Waals surface area contributed by atoms with Crippen LogP contribution in [-0.2, 0) is 17.6 Å². The van der Waals surface area contributed by atoms with Gasteiger partial charge in [-0.2, -0.15) is 0 Å². The van der Waals surface area contributed by atoms with Crippen molar-refractivity contribution in [2.75, 3.05) is 18.8 Å². The summed E-state index contributed by atoms with van der Waals surface area (Å²) < 4.78 is 1.96. The molecule has 3 rings (SSSR count). The fourth-order valence-corrected chi connectivity index (χ4v) is 3.96. The molecule has 0 fully saturated rings. The Kier molecular flexibility index (Phi) is 7.64. The van der Waals surface area contributed by atoms with Gasteiger partial charge in [0.1, 0.15) is 6.33 Å². The molecule has 6 heteroatoms. The molecule has 0 aliphatic rings. The maximum absolute atomic E-state index is 12.8. The van der Waals surface area contributed by atoms with Gasteiger partial charge in [0, 0.05) is 13.1 Å². The number of amides is 1. The maximum Gasteiger partial charge on any atom is 0.233 e. The molecule has 0 N–H and O–H groups in total. The first-order valence-electron chi connectivity index (χ1n) is 9.76. The molecule has 3 aromatic rings. The number of benzene rings is 2. The number of rotatable bonds is 10. The summed E-state index contributed by atoms with van der Waals surface area (Å²) in [5, 5.41) is 9.01. The molecule has 0 atom stereocenters. The van der Waals surface area contributed by atoms with E-state index in [1.165, 1.54) is 22.9 Å². The Balaban J connectivity index is 1.64. The predicted octanol–water partition coefficient (Wildman–Crippen LogP) is 4.18. The first-order valence-corrected chi connectivity index (χ1v) is 10.7. The molecular weight excluding hydrogens is 380 g/mol. The van der Waals surface area contributed by atoms with Crippen LogP contribution >= 0.6 is 11.8 Å². The van der Waals surface area contributed by atoms with Gasteiger partial charge in [-0.05, 0) is 30.0 Å².